The summed E-state index contributed by atoms with van der Waals surface area (Å²) in [7, 11) is 0. The van der Waals surface area contributed by atoms with Crippen molar-refractivity contribution in [2.75, 3.05) is 0 Å². The molecule has 2 atom stereocenters. The Kier molecular flexibility index (Phi) is 1.60. The van der Waals surface area contributed by atoms with Crippen LogP contribution in [-0.2, 0) is 0 Å². The Morgan fingerprint density at radius 2 is 2.14 bits per heavy atom. The molecule has 0 radical (unpaired) electrons. The monoisotopic (exact) mass is 117 g/mol. The second-order valence-electron chi connectivity index (χ2n) is 2.23. The lowest BCUT2D eigenvalue weighted by Crippen LogP contribution is -2.14. The maximum atomic E-state index is 5.58. The van der Waals surface area contributed by atoms with Crippen LogP contribution in [0.25, 0.3) is 0 Å². The molecule has 0 aromatic heterocycles. The van der Waals surface area contributed by atoms with Crippen molar-refractivity contribution in [3.8, 4) is 0 Å². The largest absolute Gasteiger partial charge is 0.328 e. The van der Waals surface area contributed by atoms with Gasteiger partial charge in [-0.15, -0.1) is 0 Å². The number of hydrogen-bond acceptors (Lipinski definition) is 2. The van der Waals surface area contributed by atoms with Gasteiger partial charge in [-0.1, -0.05) is 0 Å². The van der Waals surface area contributed by atoms with Gasteiger partial charge in [-0.05, 0) is 19.3 Å². The van der Waals surface area contributed by atoms with Crippen LogP contribution in [0.5, 0.6) is 0 Å². The SMILES string of the molecule is N[C@@H]1CC[C@H](S)C1. The number of hydrogen-bond donors (Lipinski definition) is 2. The third kappa shape index (κ3) is 1.35. The Labute approximate surface area is 49.7 Å². The molecule has 2 heteroatoms. The van der Waals surface area contributed by atoms with Crippen molar-refractivity contribution in [1.29, 1.82) is 0 Å². The van der Waals surface area contributed by atoms with Gasteiger partial charge >= 0.3 is 0 Å². The van der Waals surface area contributed by atoms with Gasteiger partial charge in [0, 0.05) is 11.3 Å². The van der Waals surface area contributed by atoms with Gasteiger partial charge < -0.3 is 5.73 Å². The highest BCUT2D eigenvalue weighted by molar-refractivity contribution is 7.80. The van der Waals surface area contributed by atoms with E-state index in [-0.39, 0.29) is 0 Å². The molecular formula is C5H11NS. The minimum atomic E-state index is 0.447. The minimum Gasteiger partial charge on any atom is -0.328 e. The quantitative estimate of drug-likeness (QED) is 0.451. The molecule has 0 spiro atoms. The van der Waals surface area contributed by atoms with Crippen molar-refractivity contribution in [3.63, 3.8) is 0 Å². The van der Waals surface area contributed by atoms with Gasteiger partial charge in [-0.3, -0.25) is 0 Å². The Hall–Kier alpha value is 0.310. The van der Waals surface area contributed by atoms with Gasteiger partial charge in [0.25, 0.3) is 0 Å². The second-order valence-corrected chi connectivity index (χ2v) is 2.96. The van der Waals surface area contributed by atoms with E-state index in [1.54, 1.807) is 0 Å². The zero-order valence-electron chi connectivity index (χ0n) is 4.30. The summed E-state index contributed by atoms with van der Waals surface area (Å²) in [5.74, 6) is 0. The van der Waals surface area contributed by atoms with E-state index in [0.29, 0.717) is 11.3 Å². The fourth-order valence-electron chi connectivity index (χ4n) is 0.992. The topological polar surface area (TPSA) is 26.0 Å². The molecular weight excluding hydrogens is 106 g/mol. The summed E-state index contributed by atoms with van der Waals surface area (Å²) in [6.07, 6.45) is 3.50. The van der Waals surface area contributed by atoms with Gasteiger partial charge in [-0.25, -0.2) is 0 Å². The van der Waals surface area contributed by atoms with Crippen molar-refractivity contribution in [3.05, 3.63) is 0 Å². The van der Waals surface area contributed by atoms with Gasteiger partial charge in [0.2, 0.25) is 0 Å². The van der Waals surface area contributed by atoms with E-state index in [9.17, 15) is 0 Å². The molecule has 0 saturated heterocycles. The Bertz CT molecular complexity index is 57.1. The van der Waals surface area contributed by atoms with Crippen LogP contribution < -0.4 is 5.73 Å². The summed E-state index contributed by atoms with van der Waals surface area (Å²) >= 11 is 4.27. The van der Waals surface area contributed by atoms with E-state index in [1.165, 1.54) is 12.8 Å². The van der Waals surface area contributed by atoms with Gasteiger partial charge in [0.15, 0.2) is 0 Å². The molecule has 2 N–H and O–H groups in total. The molecule has 0 bridgehead atoms. The number of nitrogens with two attached hydrogens (primary N) is 1. The fourth-order valence-corrected chi connectivity index (χ4v) is 1.41. The van der Waals surface area contributed by atoms with Crippen molar-refractivity contribution in [2.45, 2.75) is 30.6 Å². The fraction of sp³-hybridized carbons (Fsp3) is 1.00. The van der Waals surface area contributed by atoms with Gasteiger partial charge in [0.1, 0.15) is 0 Å². The van der Waals surface area contributed by atoms with Crippen LogP contribution in [-0.4, -0.2) is 11.3 Å². The van der Waals surface area contributed by atoms with Crippen LogP contribution in [0.4, 0.5) is 0 Å². The predicted molar refractivity (Wildman–Crippen MR) is 34.6 cm³/mol. The van der Waals surface area contributed by atoms with Crippen molar-refractivity contribution in [2.24, 2.45) is 5.73 Å². The van der Waals surface area contributed by atoms with Crippen LogP contribution in [0.3, 0.4) is 0 Å². The number of thiol groups is 1. The minimum absolute atomic E-state index is 0.447. The average molecular weight is 117 g/mol. The first-order chi connectivity index (χ1) is 3.29. The summed E-state index contributed by atoms with van der Waals surface area (Å²) in [4.78, 5) is 0. The highest BCUT2D eigenvalue weighted by atomic mass is 32.1. The maximum Gasteiger partial charge on any atom is 0.00496 e. The highest BCUT2D eigenvalue weighted by Crippen LogP contribution is 2.21. The lowest BCUT2D eigenvalue weighted by Gasteiger charge is -1.96. The van der Waals surface area contributed by atoms with E-state index >= 15 is 0 Å². The summed E-state index contributed by atoms with van der Waals surface area (Å²) in [5.41, 5.74) is 5.58. The van der Waals surface area contributed by atoms with Crippen LogP contribution in [0.1, 0.15) is 19.3 Å². The first kappa shape index (κ1) is 5.45. The van der Waals surface area contributed by atoms with Gasteiger partial charge in [-0.2, -0.15) is 12.6 Å². The standard InChI is InChI=1S/C5H11NS/c6-4-1-2-5(7)3-4/h4-5,7H,1-3,6H2/t4-,5+/m1/s1. The summed E-state index contributed by atoms with van der Waals surface area (Å²) in [6, 6.07) is 0.447. The molecule has 0 aliphatic heterocycles. The van der Waals surface area contributed by atoms with Crippen LogP contribution >= 0.6 is 12.6 Å². The summed E-state index contributed by atoms with van der Waals surface area (Å²) in [5, 5.41) is 0.593. The first-order valence-corrected chi connectivity index (χ1v) is 3.24. The smallest absolute Gasteiger partial charge is 0.00496 e. The maximum absolute atomic E-state index is 5.58. The zero-order chi connectivity index (χ0) is 5.28. The molecule has 1 fully saturated rings. The highest BCUT2D eigenvalue weighted by Gasteiger charge is 2.17. The molecule has 1 nitrogen and oxygen atoms in total. The van der Waals surface area contributed by atoms with Crippen LogP contribution in [0.2, 0.25) is 0 Å². The zero-order valence-corrected chi connectivity index (χ0v) is 5.20. The molecule has 1 aliphatic rings. The average Bonchev–Trinajstić information content (AvgIpc) is 1.87. The predicted octanol–water partition coefficient (Wildman–Crippen LogP) is 0.796. The molecule has 1 rings (SSSR count). The van der Waals surface area contributed by atoms with Gasteiger partial charge in [0.05, 0.1) is 0 Å². The third-order valence-corrected chi connectivity index (χ3v) is 1.91. The Morgan fingerprint density at radius 1 is 1.43 bits per heavy atom. The van der Waals surface area contributed by atoms with E-state index in [1.807, 2.05) is 0 Å². The summed E-state index contributed by atoms with van der Waals surface area (Å²) < 4.78 is 0. The van der Waals surface area contributed by atoms with Crippen molar-refractivity contribution in [1.82, 2.24) is 0 Å². The second kappa shape index (κ2) is 2.05. The number of rotatable bonds is 0. The van der Waals surface area contributed by atoms with E-state index < -0.39 is 0 Å². The molecule has 0 unspecified atom stereocenters. The lowest BCUT2D eigenvalue weighted by molar-refractivity contribution is 0.706. The summed E-state index contributed by atoms with van der Waals surface area (Å²) in [6.45, 7) is 0. The molecule has 0 heterocycles. The van der Waals surface area contributed by atoms with Crippen molar-refractivity contribution >= 4 is 12.6 Å². The van der Waals surface area contributed by atoms with E-state index in [2.05, 4.69) is 12.6 Å². The van der Waals surface area contributed by atoms with Crippen molar-refractivity contribution < 1.29 is 0 Å². The molecule has 1 saturated carbocycles. The van der Waals surface area contributed by atoms with E-state index in [0.717, 1.165) is 6.42 Å². The molecule has 1 aliphatic carbocycles. The molecule has 0 amide bonds. The Balaban J connectivity index is 2.26. The molecule has 7 heavy (non-hydrogen) atoms. The first-order valence-electron chi connectivity index (χ1n) is 2.72. The lowest BCUT2D eigenvalue weighted by atomic mass is 10.3. The molecule has 42 valence electrons. The Morgan fingerprint density at radius 3 is 2.29 bits per heavy atom. The third-order valence-electron chi connectivity index (χ3n) is 1.45. The van der Waals surface area contributed by atoms with E-state index in [4.69, 9.17) is 5.73 Å². The molecule has 0 aromatic rings. The molecule has 0 aromatic carbocycles. The van der Waals surface area contributed by atoms with Crippen LogP contribution in [0, 0.1) is 0 Å². The normalized spacial score (nSPS) is 42.0. The van der Waals surface area contributed by atoms with Crippen LogP contribution in [0.15, 0.2) is 0 Å².